The van der Waals surface area contributed by atoms with E-state index < -0.39 is 0 Å². The molecule has 0 unspecified atom stereocenters. The van der Waals surface area contributed by atoms with Crippen molar-refractivity contribution in [1.29, 1.82) is 0 Å². The molecule has 0 saturated heterocycles. The monoisotopic (exact) mass is 183 g/mol. The van der Waals surface area contributed by atoms with Gasteiger partial charge in [0.2, 0.25) is 0 Å². The molecule has 0 atom stereocenters. The van der Waals surface area contributed by atoms with E-state index in [0.717, 1.165) is 0 Å². The molecule has 0 amide bonds. The summed E-state index contributed by atoms with van der Waals surface area (Å²) in [6, 6.07) is 0. The van der Waals surface area contributed by atoms with E-state index >= 15 is 0 Å². The van der Waals surface area contributed by atoms with E-state index in [1.807, 2.05) is 6.92 Å². The standard InChI is InChI=1S/C8H13N3O2/c1-3-13-5-7(12)4-8-9-6-10-11(8)2/h6H,3-5H2,1-2H3. The number of carbonyl (C=O) groups excluding carboxylic acids is 1. The highest BCUT2D eigenvalue weighted by atomic mass is 16.5. The van der Waals surface area contributed by atoms with Crippen molar-refractivity contribution in [1.82, 2.24) is 14.8 Å². The minimum absolute atomic E-state index is 0.0259. The summed E-state index contributed by atoms with van der Waals surface area (Å²) in [5.74, 6) is 0.697. The lowest BCUT2D eigenvalue weighted by atomic mass is 10.3. The van der Waals surface area contributed by atoms with Crippen LogP contribution >= 0.6 is 0 Å². The molecule has 72 valence electrons. The molecule has 5 heteroatoms. The van der Waals surface area contributed by atoms with Crippen LogP contribution in [0.1, 0.15) is 12.7 Å². The van der Waals surface area contributed by atoms with E-state index in [2.05, 4.69) is 10.1 Å². The topological polar surface area (TPSA) is 57.0 Å². The van der Waals surface area contributed by atoms with Crippen LogP contribution in [0.15, 0.2) is 6.33 Å². The molecule has 0 fully saturated rings. The number of carbonyl (C=O) groups is 1. The predicted octanol–water partition coefficient (Wildman–Crippen LogP) is -0.0368. The largest absolute Gasteiger partial charge is 0.374 e. The Bertz CT molecular complexity index is 283. The molecule has 0 saturated carbocycles. The Morgan fingerprint density at radius 1 is 1.69 bits per heavy atom. The van der Waals surface area contributed by atoms with Crippen LogP contribution in [0.5, 0.6) is 0 Å². The Labute approximate surface area is 76.7 Å². The van der Waals surface area contributed by atoms with Gasteiger partial charge in [0.1, 0.15) is 18.8 Å². The van der Waals surface area contributed by atoms with Crippen LogP contribution in [-0.2, 0) is 23.0 Å². The zero-order valence-electron chi connectivity index (χ0n) is 7.86. The smallest absolute Gasteiger partial charge is 0.166 e. The summed E-state index contributed by atoms with van der Waals surface area (Å²) in [7, 11) is 1.76. The lowest BCUT2D eigenvalue weighted by Gasteiger charge is -2.00. The third-order valence-electron chi connectivity index (χ3n) is 1.63. The first-order chi connectivity index (χ1) is 6.24. The van der Waals surface area contributed by atoms with E-state index in [1.54, 1.807) is 11.7 Å². The SMILES string of the molecule is CCOCC(=O)Cc1ncnn1C. The van der Waals surface area contributed by atoms with Crippen LogP contribution < -0.4 is 0 Å². The molecule has 0 aliphatic rings. The van der Waals surface area contributed by atoms with E-state index in [4.69, 9.17) is 4.74 Å². The fourth-order valence-corrected chi connectivity index (χ4v) is 0.923. The van der Waals surface area contributed by atoms with Crippen LogP contribution in [0.3, 0.4) is 0 Å². The van der Waals surface area contributed by atoms with Gasteiger partial charge < -0.3 is 4.74 Å². The van der Waals surface area contributed by atoms with Crippen molar-refractivity contribution in [2.45, 2.75) is 13.3 Å². The number of rotatable bonds is 5. The molecule has 0 bridgehead atoms. The lowest BCUT2D eigenvalue weighted by Crippen LogP contribution is -2.14. The summed E-state index contributed by atoms with van der Waals surface area (Å²) < 4.78 is 6.56. The molecule has 0 aromatic carbocycles. The molecule has 0 aliphatic carbocycles. The first-order valence-electron chi connectivity index (χ1n) is 4.16. The fraction of sp³-hybridized carbons (Fsp3) is 0.625. The Morgan fingerprint density at radius 2 is 2.46 bits per heavy atom. The third kappa shape index (κ3) is 2.95. The summed E-state index contributed by atoms with van der Waals surface area (Å²) >= 11 is 0. The van der Waals surface area contributed by atoms with Crippen LogP contribution in [-0.4, -0.2) is 33.8 Å². The van der Waals surface area contributed by atoms with Gasteiger partial charge in [-0.2, -0.15) is 5.10 Å². The number of hydrogen-bond donors (Lipinski definition) is 0. The second-order valence-corrected chi connectivity index (χ2v) is 2.65. The van der Waals surface area contributed by atoms with Crippen molar-refractivity contribution in [3.8, 4) is 0 Å². The summed E-state index contributed by atoms with van der Waals surface area (Å²) in [6.07, 6.45) is 1.72. The Balaban J connectivity index is 2.41. The van der Waals surface area contributed by atoms with Crippen molar-refractivity contribution in [2.75, 3.05) is 13.2 Å². The molecule has 1 heterocycles. The van der Waals surface area contributed by atoms with Crippen molar-refractivity contribution >= 4 is 5.78 Å². The number of ketones is 1. The summed E-state index contributed by atoms with van der Waals surface area (Å²) in [5, 5.41) is 3.86. The zero-order chi connectivity index (χ0) is 9.68. The Kier molecular flexibility index (Phi) is 3.57. The molecule has 1 aromatic rings. The van der Waals surface area contributed by atoms with Gasteiger partial charge in [0.25, 0.3) is 0 Å². The van der Waals surface area contributed by atoms with Crippen molar-refractivity contribution in [2.24, 2.45) is 7.05 Å². The van der Waals surface area contributed by atoms with Crippen molar-refractivity contribution < 1.29 is 9.53 Å². The molecular formula is C8H13N3O2. The molecular weight excluding hydrogens is 170 g/mol. The molecule has 1 aromatic heterocycles. The fourth-order valence-electron chi connectivity index (χ4n) is 0.923. The van der Waals surface area contributed by atoms with Gasteiger partial charge in [-0.3, -0.25) is 9.48 Å². The maximum atomic E-state index is 11.2. The number of Topliss-reactive ketones (excluding diaryl/α,β-unsaturated/α-hetero) is 1. The zero-order valence-corrected chi connectivity index (χ0v) is 7.86. The van der Waals surface area contributed by atoms with E-state index in [0.29, 0.717) is 12.4 Å². The average Bonchev–Trinajstić information content (AvgIpc) is 2.48. The number of hydrogen-bond acceptors (Lipinski definition) is 4. The van der Waals surface area contributed by atoms with Crippen molar-refractivity contribution in [3.05, 3.63) is 12.2 Å². The maximum absolute atomic E-state index is 11.2. The minimum atomic E-state index is 0.0259. The van der Waals surface area contributed by atoms with E-state index in [-0.39, 0.29) is 18.8 Å². The average molecular weight is 183 g/mol. The number of ether oxygens (including phenoxy) is 1. The van der Waals surface area contributed by atoms with E-state index in [1.165, 1.54) is 6.33 Å². The molecule has 0 N–H and O–H groups in total. The van der Waals surface area contributed by atoms with Gasteiger partial charge in [-0.25, -0.2) is 4.98 Å². The highest BCUT2D eigenvalue weighted by Gasteiger charge is 2.07. The molecule has 5 nitrogen and oxygen atoms in total. The second kappa shape index (κ2) is 4.71. The van der Waals surface area contributed by atoms with Gasteiger partial charge in [0.05, 0.1) is 6.42 Å². The molecule has 0 radical (unpaired) electrons. The van der Waals surface area contributed by atoms with E-state index in [9.17, 15) is 4.79 Å². The van der Waals surface area contributed by atoms with Gasteiger partial charge in [-0.1, -0.05) is 0 Å². The predicted molar refractivity (Wildman–Crippen MR) is 46.2 cm³/mol. The van der Waals surface area contributed by atoms with Gasteiger partial charge in [0.15, 0.2) is 5.78 Å². The lowest BCUT2D eigenvalue weighted by molar-refractivity contribution is -0.122. The minimum Gasteiger partial charge on any atom is -0.374 e. The van der Waals surface area contributed by atoms with Crippen LogP contribution in [0, 0.1) is 0 Å². The van der Waals surface area contributed by atoms with Crippen LogP contribution in [0.2, 0.25) is 0 Å². The molecule has 0 spiro atoms. The summed E-state index contributed by atoms with van der Waals surface area (Å²) in [6.45, 7) is 2.57. The Hall–Kier alpha value is -1.23. The Morgan fingerprint density at radius 3 is 3.00 bits per heavy atom. The maximum Gasteiger partial charge on any atom is 0.166 e. The quantitative estimate of drug-likeness (QED) is 0.643. The number of aromatic nitrogens is 3. The first-order valence-corrected chi connectivity index (χ1v) is 4.16. The van der Waals surface area contributed by atoms with Gasteiger partial charge in [-0.05, 0) is 6.92 Å². The molecule has 1 rings (SSSR count). The highest BCUT2D eigenvalue weighted by molar-refractivity contribution is 5.81. The third-order valence-corrected chi connectivity index (χ3v) is 1.63. The summed E-state index contributed by atoms with van der Waals surface area (Å²) in [5.41, 5.74) is 0. The highest BCUT2D eigenvalue weighted by Crippen LogP contribution is 1.93. The van der Waals surface area contributed by atoms with Crippen LogP contribution in [0.25, 0.3) is 0 Å². The van der Waals surface area contributed by atoms with Gasteiger partial charge in [-0.15, -0.1) is 0 Å². The number of aryl methyl sites for hydroxylation is 1. The van der Waals surface area contributed by atoms with Crippen LogP contribution in [0.4, 0.5) is 0 Å². The summed E-state index contributed by atoms with van der Waals surface area (Å²) in [4.78, 5) is 15.2. The number of nitrogens with zero attached hydrogens (tertiary/aromatic N) is 3. The van der Waals surface area contributed by atoms with Crippen molar-refractivity contribution in [3.63, 3.8) is 0 Å². The normalized spacial score (nSPS) is 10.3. The molecule has 0 aliphatic heterocycles. The van der Waals surface area contributed by atoms with Gasteiger partial charge >= 0.3 is 0 Å². The second-order valence-electron chi connectivity index (χ2n) is 2.65. The molecule has 13 heavy (non-hydrogen) atoms. The van der Waals surface area contributed by atoms with Gasteiger partial charge in [0, 0.05) is 13.7 Å². The first kappa shape index (κ1) is 9.85.